The number of aliphatic hydroxyl groups is 1. The molecule has 0 heterocycles. The molecular weight excluding hydrogens is 174 g/mol. The van der Waals surface area contributed by atoms with Gasteiger partial charge in [0.05, 0.1) is 6.10 Å². The minimum Gasteiger partial charge on any atom is -0.393 e. The molecule has 14 heavy (non-hydrogen) atoms. The minimum absolute atomic E-state index is 0.250. The van der Waals surface area contributed by atoms with Crippen molar-refractivity contribution in [3.05, 3.63) is 35.4 Å². The Labute approximate surface area is 85.8 Å². The van der Waals surface area contributed by atoms with E-state index >= 15 is 0 Å². The second kappa shape index (κ2) is 5.78. The highest BCUT2D eigenvalue weighted by atomic mass is 16.3. The number of hydrogen-bond acceptors (Lipinski definition) is 2. The molecule has 0 saturated heterocycles. The topological polar surface area (TPSA) is 46.2 Å². The van der Waals surface area contributed by atoms with Crippen LogP contribution < -0.4 is 5.73 Å². The third-order valence-corrected chi connectivity index (χ3v) is 2.46. The quantitative estimate of drug-likeness (QED) is 0.746. The molecule has 0 aliphatic rings. The Balaban J connectivity index is 2.47. The molecule has 0 aromatic heterocycles. The third kappa shape index (κ3) is 3.48. The van der Waals surface area contributed by atoms with Gasteiger partial charge in [-0.2, -0.15) is 0 Å². The molecule has 1 aromatic carbocycles. The van der Waals surface area contributed by atoms with Crippen molar-refractivity contribution in [3.8, 4) is 0 Å². The lowest BCUT2D eigenvalue weighted by Gasteiger charge is -2.11. The van der Waals surface area contributed by atoms with Crippen molar-refractivity contribution in [3.63, 3.8) is 0 Å². The number of hydrogen-bond donors (Lipinski definition) is 2. The highest BCUT2D eigenvalue weighted by molar-refractivity contribution is 5.26. The van der Waals surface area contributed by atoms with Crippen LogP contribution in [0.2, 0.25) is 0 Å². The van der Waals surface area contributed by atoms with E-state index in [-0.39, 0.29) is 6.10 Å². The molecule has 0 spiro atoms. The van der Waals surface area contributed by atoms with Crippen LogP contribution in [0, 0.1) is 6.92 Å². The second-order valence-electron chi connectivity index (χ2n) is 3.72. The maximum atomic E-state index is 9.70. The van der Waals surface area contributed by atoms with Crippen LogP contribution in [0.3, 0.4) is 0 Å². The largest absolute Gasteiger partial charge is 0.393 e. The predicted molar refractivity (Wildman–Crippen MR) is 59.2 cm³/mol. The molecule has 0 radical (unpaired) electrons. The van der Waals surface area contributed by atoms with E-state index in [9.17, 15) is 5.11 Å². The summed E-state index contributed by atoms with van der Waals surface area (Å²) in [6.45, 7) is 2.73. The Kier molecular flexibility index (Phi) is 4.63. The maximum Gasteiger partial charge on any atom is 0.0581 e. The molecule has 1 unspecified atom stereocenters. The van der Waals surface area contributed by atoms with E-state index in [2.05, 4.69) is 19.1 Å². The van der Waals surface area contributed by atoms with Crippen molar-refractivity contribution >= 4 is 0 Å². The van der Waals surface area contributed by atoms with Crippen LogP contribution in [0.4, 0.5) is 0 Å². The molecule has 78 valence electrons. The van der Waals surface area contributed by atoms with Crippen LogP contribution in [0.15, 0.2) is 24.3 Å². The predicted octanol–water partition coefficient (Wildman–Crippen LogP) is 1.64. The molecule has 2 heteroatoms. The number of rotatable bonds is 5. The average Bonchev–Trinajstić information content (AvgIpc) is 2.18. The first-order chi connectivity index (χ1) is 6.74. The Morgan fingerprint density at radius 1 is 1.36 bits per heavy atom. The number of nitrogens with two attached hydrogens (primary N) is 1. The molecular formula is C12H19NO. The molecule has 1 rings (SSSR count). The zero-order valence-corrected chi connectivity index (χ0v) is 8.74. The van der Waals surface area contributed by atoms with Crippen molar-refractivity contribution in [1.82, 2.24) is 0 Å². The van der Waals surface area contributed by atoms with Crippen LogP contribution in [0.5, 0.6) is 0 Å². The second-order valence-corrected chi connectivity index (χ2v) is 3.72. The molecule has 0 amide bonds. The molecule has 1 atom stereocenters. The van der Waals surface area contributed by atoms with Crippen molar-refractivity contribution < 1.29 is 5.11 Å². The fourth-order valence-corrected chi connectivity index (χ4v) is 1.55. The Morgan fingerprint density at radius 3 is 2.71 bits per heavy atom. The zero-order valence-electron chi connectivity index (χ0n) is 8.74. The third-order valence-electron chi connectivity index (χ3n) is 2.46. The Bertz CT molecular complexity index is 273. The normalized spacial score (nSPS) is 12.8. The van der Waals surface area contributed by atoms with Gasteiger partial charge in [0, 0.05) is 0 Å². The fourth-order valence-electron chi connectivity index (χ4n) is 1.55. The van der Waals surface area contributed by atoms with Gasteiger partial charge >= 0.3 is 0 Å². The average molecular weight is 193 g/mol. The number of aryl methyl sites for hydroxylation is 1. The first-order valence-electron chi connectivity index (χ1n) is 5.16. The minimum atomic E-state index is -0.250. The summed E-state index contributed by atoms with van der Waals surface area (Å²) in [5.74, 6) is 0. The van der Waals surface area contributed by atoms with Gasteiger partial charge in [0.15, 0.2) is 0 Å². The summed E-state index contributed by atoms with van der Waals surface area (Å²) in [5.41, 5.74) is 7.87. The summed E-state index contributed by atoms with van der Waals surface area (Å²) < 4.78 is 0. The van der Waals surface area contributed by atoms with E-state index in [0.717, 1.165) is 19.3 Å². The number of benzene rings is 1. The van der Waals surface area contributed by atoms with Crippen molar-refractivity contribution in [2.75, 3.05) is 6.54 Å². The van der Waals surface area contributed by atoms with E-state index in [1.807, 2.05) is 12.1 Å². The van der Waals surface area contributed by atoms with Gasteiger partial charge < -0.3 is 10.8 Å². The van der Waals surface area contributed by atoms with Gasteiger partial charge in [-0.25, -0.2) is 0 Å². The van der Waals surface area contributed by atoms with Crippen molar-refractivity contribution in [2.45, 2.75) is 32.3 Å². The molecule has 0 aliphatic heterocycles. The van der Waals surface area contributed by atoms with E-state index in [1.54, 1.807) is 0 Å². The summed E-state index contributed by atoms with van der Waals surface area (Å²) >= 11 is 0. The van der Waals surface area contributed by atoms with Gasteiger partial charge in [0.2, 0.25) is 0 Å². The molecule has 2 nitrogen and oxygen atoms in total. The van der Waals surface area contributed by atoms with Gasteiger partial charge in [-0.1, -0.05) is 24.3 Å². The monoisotopic (exact) mass is 193 g/mol. The SMILES string of the molecule is Cc1ccccc1CC(O)CCCN. The molecule has 1 aromatic rings. The van der Waals surface area contributed by atoms with E-state index < -0.39 is 0 Å². The standard InChI is InChI=1S/C12H19NO/c1-10-5-2-3-6-11(10)9-12(14)7-4-8-13/h2-3,5-6,12,14H,4,7-9,13H2,1H3. The summed E-state index contributed by atoms with van der Waals surface area (Å²) in [7, 11) is 0. The number of aliphatic hydroxyl groups excluding tert-OH is 1. The molecule has 0 fully saturated rings. The van der Waals surface area contributed by atoms with Crippen LogP contribution in [-0.4, -0.2) is 17.8 Å². The van der Waals surface area contributed by atoms with Crippen molar-refractivity contribution in [1.29, 1.82) is 0 Å². The fraction of sp³-hybridized carbons (Fsp3) is 0.500. The van der Waals surface area contributed by atoms with Gasteiger partial charge in [0.1, 0.15) is 0 Å². The van der Waals surface area contributed by atoms with Gasteiger partial charge in [-0.15, -0.1) is 0 Å². The van der Waals surface area contributed by atoms with Crippen LogP contribution in [0.25, 0.3) is 0 Å². The van der Waals surface area contributed by atoms with Crippen LogP contribution in [0.1, 0.15) is 24.0 Å². The lowest BCUT2D eigenvalue weighted by molar-refractivity contribution is 0.162. The maximum absolute atomic E-state index is 9.70. The molecule has 0 bridgehead atoms. The first kappa shape index (κ1) is 11.2. The zero-order chi connectivity index (χ0) is 10.4. The van der Waals surface area contributed by atoms with Gasteiger partial charge in [-0.05, 0) is 43.9 Å². The Morgan fingerprint density at radius 2 is 2.07 bits per heavy atom. The lowest BCUT2D eigenvalue weighted by Crippen LogP contribution is -2.13. The van der Waals surface area contributed by atoms with E-state index in [1.165, 1.54) is 11.1 Å². The van der Waals surface area contributed by atoms with Crippen LogP contribution >= 0.6 is 0 Å². The molecule has 3 N–H and O–H groups in total. The summed E-state index contributed by atoms with van der Waals surface area (Å²) in [6, 6.07) is 8.18. The smallest absolute Gasteiger partial charge is 0.0581 e. The first-order valence-corrected chi connectivity index (χ1v) is 5.16. The summed E-state index contributed by atoms with van der Waals surface area (Å²) in [4.78, 5) is 0. The highest BCUT2D eigenvalue weighted by Gasteiger charge is 2.06. The molecule has 0 aliphatic carbocycles. The van der Waals surface area contributed by atoms with Crippen LogP contribution in [-0.2, 0) is 6.42 Å². The van der Waals surface area contributed by atoms with E-state index in [0.29, 0.717) is 6.54 Å². The van der Waals surface area contributed by atoms with E-state index in [4.69, 9.17) is 5.73 Å². The highest BCUT2D eigenvalue weighted by Crippen LogP contribution is 2.11. The Hall–Kier alpha value is -0.860. The summed E-state index contributed by atoms with van der Waals surface area (Å²) in [6.07, 6.45) is 2.18. The van der Waals surface area contributed by atoms with Gasteiger partial charge in [-0.3, -0.25) is 0 Å². The van der Waals surface area contributed by atoms with Crippen molar-refractivity contribution in [2.24, 2.45) is 5.73 Å². The summed E-state index contributed by atoms with van der Waals surface area (Å²) in [5, 5.41) is 9.70. The molecule has 0 saturated carbocycles. The lowest BCUT2D eigenvalue weighted by atomic mass is 10.0. The van der Waals surface area contributed by atoms with Gasteiger partial charge in [0.25, 0.3) is 0 Å².